The first-order chi connectivity index (χ1) is 10.4. The molecule has 9 heteroatoms. The lowest BCUT2D eigenvalue weighted by Gasteiger charge is -2.11. The zero-order valence-electron chi connectivity index (χ0n) is 12.2. The summed E-state index contributed by atoms with van der Waals surface area (Å²) < 4.78 is 15.6. The lowest BCUT2D eigenvalue weighted by Crippen LogP contribution is -2.42. The van der Waals surface area contributed by atoms with E-state index in [1.54, 1.807) is 0 Å². The van der Waals surface area contributed by atoms with Crippen molar-refractivity contribution in [2.75, 3.05) is 20.8 Å². The molecule has 120 valence electrons. The van der Waals surface area contributed by atoms with E-state index >= 15 is 0 Å². The summed E-state index contributed by atoms with van der Waals surface area (Å²) in [5.74, 6) is -1.08. The highest BCUT2D eigenvalue weighted by Crippen LogP contribution is 2.35. The number of halogens is 1. The maximum Gasteiger partial charge on any atom is 0.338 e. The highest BCUT2D eigenvalue weighted by molar-refractivity contribution is 9.10. The average Bonchev–Trinajstić information content (AvgIpc) is 2.50. The van der Waals surface area contributed by atoms with Crippen LogP contribution in [0.4, 0.5) is 0 Å². The number of hydrazine groups is 1. The van der Waals surface area contributed by atoms with Gasteiger partial charge in [0.05, 0.1) is 19.8 Å². The number of hydrogen-bond acceptors (Lipinski definition) is 6. The van der Waals surface area contributed by atoms with Crippen molar-refractivity contribution in [1.29, 1.82) is 0 Å². The molecule has 0 radical (unpaired) electrons. The third kappa shape index (κ3) is 4.92. The fourth-order valence-corrected chi connectivity index (χ4v) is 1.95. The normalized spacial score (nSPS) is 9.64. The number of carbonyl (C=O) groups excluding carboxylic acids is 3. The van der Waals surface area contributed by atoms with Crippen LogP contribution in [0.1, 0.15) is 17.3 Å². The average molecular weight is 375 g/mol. The highest BCUT2D eigenvalue weighted by Gasteiger charge is 2.16. The van der Waals surface area contributed by atoms with Gasteiger partial charge in [-0.3, -0.25) is 20.4 Å². The molecule has 0 fully saturated rings. The Bertz CT molecular complexity index is 565. The Balaban J connectivity index is 2.73. The first kappa shape index (κ1) is 17.8. The van der Waals surface area contributed by atoms with Crippen molar-refractivity contribution in [2.24, 2.45) is 0 Å². The molecule has 0 aliphatic rings. The van der Waals surface area contributed by atoms with Gasteiger partial charge in [0.1, 0.15) is 16.0 Å². The maximum absolute atomic E-state index is 11.9. The van der Waals surface area contributed by atoms with E-state index in [1.165, 1.54) is 33.3 Å². The van der Waals surface area contributed by atoms with Crippen LogP contribution in [0.25, 0.3) is 0 Å². The third-order valence-electron chi connectivity index (χ3n) is 2.39. The molecule has 0 saturated heterocycles. The van der Waals surface area contributed by atoms with Crippen LogP contribution < -0.4 is 20.3 Å². The molecule has 2 amide bonds. The number of benzene rings is 1. The molecule has 0 aromatic heterocycles. The van der Waals surface area contributed by atoms with Crippen LogP contribution in [0.15, 0.2) is 16.6 Å². The van der Waals surface area contributed by atoms with E-state index in [9.17, 15) is 14.4 Å². The summed E-state index contributed by atoms with van der Waals surface area (Å²) in [5.41, 5.74) is 4.30. The molecule has 1 aromatic carbocycles. The summed E-state index contributed by atoms with van der Waals surface area (Å²) in [6, 6.07) is 2.89. The lowest BCUT2D eigenvalue weighted by molar-refractivity contribution is -0.129. The predicted octanol–water partition coefficient (Wildman–Crippen LogP) is 0.790. The molecule has 22 heavy (non-hydrogen) atoms. The van der Waals surface area contributed by atoms with Crippen LogP contribution in [-0.2, 0) is 14.3 Å². The van der Waals surface area contributed by atoms with Gasteiger partial charge >= 0.3 is 5.97 Å². The lowest BCUT2D eigenvalue weighted by atomic mass is 10.2. The molecule has 0 saturated carbocycles. The largest absolute Gasteiger partial charge is 0.495 e. The number of nitrogens with one attached hydrogen (secondary N) is 2. The first-order valence-corrected chi connectivity index (χ1v) is 6.82. The molecule has 0 aliphatic heterocycles. The topological polar surface area (TPSA) is 103 Å². The molecular formula is C13H15BrN2O6. The molecule has 1 aromatic rings. The standard InChI is InChI=1S/C13H15BrN2O6/c1-7(17)15-16-11(18)6-22-13(19)8-4-9(20-2)12(14)10(5-8)21-3/h4-5H,6H2,1-3H3,(H,15,17)(H,16,18). The third-order valence-corrected chi connectivity index (χ3v) is 3.18. The molecule has 0 aliphatic carbocycles. The molecule has 0 bridgehead atoms. The van der Waals surface area contributed by atoms with Crippen molar-refractivity contribution < 1.29 is 28.6 Å². The molecule has 8 nitrogen and oxygen atoms in total. The van der Waals surface area contributed by atoms with Gasteiger partial charge in [0.2, 0.25) is 5.91 Å². The monoisotopic (exact) mass is 374 g/mol. The number of ether oxygens (including phenoxy) is 3. The molecule has 0 heterocycles. The van der Waals surface area contributed by atoms with Gasteiger partial charge < -0.3 is 14.2 Å². The van der Waals surface area contributed by atoms with Crippen molar-refractivity contribution in [3.63, 3.8) is 0 Å². The van der Waals surface area contributed by atoms with Crippen molar-refractivity contribution in [1.82, 2.24) is 10.9 Å². The molecule has 0 unspecified atom stereocenters. The fourth-order valence-electron chi connectivity index (χ4n) is 1.40. The van der Waals surface area contributed by atoms with Crippen LogP contribution in [0, 0.1) is 0 Å². The molecule has 0 atom stereocenters. The second-order valence-corrected chi connectivity index (χ2v) is 4.79. The van der Waals surface area contributed by atoms with Gasteiger partial charge in [-0.15, -0.1) is 0 Å². The van der Waals surface area contributed by atoms with Crippen LogP contribution in [0.3, 0.4) is 0 Å². The van der Waals surface area contributed by atoms with E-state index in [1.807, 2.05) is 0 Å². The summed E-state index contributed by atoms with van der Waals surface area (Å²) in [5, 5.41) is 0. The number of methoxy groups -OCH3 is 2. The van der Waals surface area contributed by atoms with Crippen LogP contribution in [-0.4, -0.2) is 38.6 Å². The second-order valence-electron chi connectivity index (χ2n) is 4.00. The Hall–Kier alpha value is -2.29. The molecular weight excluding hydrogens is 360 g/mol. The van der Waals surface area contributed by atoms with Crippen molar-refractivity contribution in [2.45, 2.75) is 6.92 Å². The minimum absolute atomic E-state index is 0.157. The fraction of sp³-hybridized carbons (Fsp3) is 0.308. The van der Waals surface area contributed by atoms with Gasteiger partial charge in [0.25, 0.3) is 5.91 Å². The number of esters is 1. The maximum atomic E-state index is 11.9. The summed E-state index contributed by atoms with van der Waals surface area (Å²) >= 11 is 3.27. The number of carbonyl (C=O) groups is 3. The van der Waals surface area contributed by atoms with Crippen LogP contribution in [0.5, 0.6) is 11.5 Å². The van der Waals surface area contributed by atoms with Gasteiger partial charge in [-0.05, 0) is 28.1 Å². The number of hydrogen-bond donors (Lipinski definition) is 2. The zero-order chi connectivity index (χ0) is 16.7. The van der Waals surface area contributed by atoms with E-state index in [0.29, 0.717) is 16.0 Å². The van der Waals surface area contributed by atoms with E-state index in [0.717, 1.165) is 0 Å². The van der Waals surface area contributed by atoms with Crippen molar-refractivity contribution in [3.05, 3.63) is 22.2 Å². The van der Waals surface area contributed by atoms with Crippen molar-refractivity contribution in [3.8, 4) is 11.5 Å². The van der Waals surface area contributed by atoms with Gasteiger partial charge in [-0.2, -0.15) is 0 Å². The van der Waals surface area contributed by atoms with E-state index in [2.05, 4.69) is 26.8 Å². The Labute approximate surface area is 135 Å². The predicted molar refractivity (Wildman–Crippen MR) is 79.5 cm³/mol. The summed E-state index contributed by atoms with van der Waals surface area (Å²) in [4.78, 5) is 33.9. The van der Waals surface area contributed by atoms with Gasteiger partial charge in [-0.25, -0.2) is 4.79 Å². The number of rotatable bonds is 5. The highest BCUT2D eigenvalue weighted by atomic mass is 79.9. The van der Waals surface area contributed by atoms with Gasteiger partial charge in [-0.1, -0.05) is 0 Å². The van der Waals surface area contributed by atoms with Crippen LogP contribution in [0.2, 0.25) is 0 Å². The van der Waals surface area contributed by atoms with E-state index in [4.69, 9.17) is 14.2 Å². The van der Waals surface area contributed by atoms with E-state index < -0.39 is 24.4 Å². The molecule has 0 spiro atoms. The minimum atomic E-state index is -0.734. The van der Waals surface area contributed by atoms with Gasteiger partial charge in [0.15, 0.2) is 6.61 Å². The summed E-state index contributed by atoms with van der Waals surface area (Å²) in [6.45, 7) is 0.687. The van der Waals surface area contributed by atoms with Gasteiger partial charge in [0, 0.05) is 6.92 Å². The Kier molecular flexibility index (Phi) is 6.64. The minimum Gasteiger partial charge on any atom is -0.495 e. The quantitative estimate of drug-likeness (QED) is 0.583. The molecule has 2 N–H and O–H groups in total. The first-order valence-electron chi connectivity index (χ1n) is 6.03. The Morgan fingerprint density at radius 2 is 1.64 bits per heavy atom. The molecule has 1 rings (SSSR count). The van der Waals surface area contributed by atoms with E-state index in [-0.39, 0.29) is 5.56 Å². The van der Waals surface area contributed by atoms with Crippen molar-refractivity contribution >= 4 is 33.7 Å². The smallest absolute Gasteiger partial charge is 0.338 e. The summed E-state index contributed by atoms with van der Waals surface area (Å²) in [6.07, 6.45) is 0. The summed E-state index contributed by atoms with van der Waals surface area (Å²) in [7, 11) is 2.88. The number of amides is 2. The Morgan fingerprint density at radius 1 is 1.09 bits per heavy atom. The zero-order valence-corrected chi connectivity index (χ0v) is 13.8. The SMILES string of the molecule is COc1cc(C(=O)OCC(=O)NNC(C)=O)cc(OC)c1Br. The second kappa shape index (κ2) is 8.23. The van der Waals surface area contributed by atoms with Crippen LogP contribution >= 0.6 is 15.9 Å². The Morgan fingerprint density at radius 3 is 2.09 bits per heavy atom.